The van der Waals surface area contributed by atoms with Gasteiger partial charge in [0.15, 0.2) is 11.6 Å². The van der Waals surface area contributed by atoms with Crippen molar-refractivity contribution >= 4 is 11.8 Å². The summed E-state index contributed by atoms with van der Waals surface area (Å²) in [4.78, 5) is 31.7. The lowest BCUT2D eigenvalue weighted by molar-refractivity contribution is 0.491. The van der Waals surface area contributed by atoms with Crippen molar-refractivity contribution in [3.63, 3.8) is 0 Å². The van der Waals surface area contributed by atoms with E-state index < -0.39 is 0 Å². The van der Waals surface area contributed by atoms with Crippen molar-refractivity contribution in [2.45, 2.75) is 38.5 Å². The van der Waals surface area contributed by atoms with Crippen molar-refractivity contribution in [3.05, 3.63) is 40.0 Å². The molecule has 0 aliphatic carbocycles. The van der Waals surface area contributed by atoms with Crippen molar-refractivity contribution in [2.75, 3.05) is 36.0 Å². The van der Waals surface area contributed by atoms with Crippen LogP contribution in [-0.4, -0.2) is 46.1 Å². The summed E-state index contributed by atoms with van der Waals surface area (Å²) in [5.41, 5.74) is 0.678. The summed E-state index contributed by atoms with van der Waals surface area (Å²) >= 11 is 0. The summed E-state index contributed by atoms with van der Waals surface area (Å²) < 4.78 is 14.2. The Hall–Kier alpha value is -2.51. The van der Waals surface area contributed by atoms with Crippen LogP contribution in [0.5, 0.6) is 0 Å². The number of aromatic nitrogens is 4. The van der Waals surface area contributed by atoms with Crippen LogP contribution < -0.4 is 15.4 Å². The highest BCUT2D eigenvalue weighted by Gasteiger charge is 2.26. The SMILES string of the molecule is Cc1nc([C@H]2CCCN(c3ncc(F)c(N4CCCC4)n3)C2)cc(=O)[nH]1. The number of H-pyrrole nitrogens is 1. The van der Waals surface area contributed by atoms with E-state index >= 15 is 0 Å². The average molecular weight is 358 g/mol. The molecule has 4 heterocycles. The molecule has 1 N–H and O–H groups in total. The number of rotatable bonds is 3. The molecular weight excluding hydrogens is 335 g/mol. The molecule has 7 nitrogen and oxygen atoms in total. The molecular formula is C18H23FN6O. The van der Waals surface area contributed by atoms with Crippen LogP contribution in [0, 0.1) is 12.7 Å². The summed E-state index contributed by atoms with van der Waals surface area (Å²) in [6.45, 7) is 4.97. The zero-order valence-electron chi connectivity index (χ0n) is 14.9. The lowest BCUT2D eigenvalue weighted by Crippen LogP contribution is -2.36. The Morgan fingerprint density at radius 2 is 1.92 bits per heavy atom. The van der Waals surface area contributed by atoms with Gasteiger partial charge in [-0.25, -0.2) is 14.4 Å². The predicted molar refractivity (Wildman–Crippen MR) is 97.2 cm³/mol. The van der Waals surface area contributed by atoms with E-state index in [2.05, 4.69) is 24.8 Å². The fourth-order valence-electron chi connectivity index (χ4n) is 3.86. The number of halogens is 1. The molecule has 8 heteroatoms. The molecule has 0 bridgehead atoms. The Morgan fingerprint density at radius 1 is 1.15 bits per heavy atom. The molecule has 0 aromatic carbocycles. The molecule has 0 amide bonds. The van der Waals surface area contributed by atoms with Crippen LogP contribution in [0.15, 0.2) is 17.1 Å². The first kappa shape index (κ1) is 16.9. The number of piperidine rings is 1. The second kappa shape index (κ2) is 7.01. The van der Waals surface area contributed by atoms with Gasteiger partial charge >= 0.3 is 0 Å². The van der Waals surface area contributed by atoms with Crippen LogP contribution in [0.1, 0.15) is 43.1 Å². The van der Waals surface area contributed by atoms with Crippen molar-refractivity contribution in [3.8, 4) is 0 Å². The predicted octanol–water partition coefficient (Wildman–Crippen LogP) is 1.99. The number of hydrogen-bond acceptors (Lipinski definition) is 6. The fraction of sp³-hybridized carbons (Fsp3) is 0.556. The summed E-state index contributed by atoms with van der Waals surface area (Å²) in [7, 11) is 0. The topological polar surface area (TPSA) is 78.0 Å². The quantitative estimate of drug-likeness (QED) is 0.904. The molecule has 4 rings (SSSR count). The maximum Gasteiger partial charge on any atom is 0.251 e. The number of aryl methyl sites for hydroxylation is 1. The van der Waals surface area contributed by atoms with Crippen LogP contribution in [0.4, 0.5) is 16.2 Å². The van der Waals surface area contributed by atoms with Gasteiger partial charge in [0.05, 0.1) is 11.9 Å². The molecule has 0 radical (unpaired) electrons. The Balaban J connectivity index is 1.58. The molecule has 0 unspecified atom stereocenters. The molecule has 0 spiro atoms. The third kappa shape index (κ3) is 3.40. The second-order valence-corrected chi connectivity index (χ2v) is 7.08. The number of nitrogens with one attached hydrogen (secondary N) is 1. The molecule has 2 aromatic heterocycles. The van der Waals surface area contributed by atoms with Crippen LogP contribution >= 0.6 is 0 Å². The molecule has 2 fully saturated rings. The minimum Gasteiger partial charge on any atom is -0.354 e. The summed E-state index contributed by atoms with van der Waals surface area (Å²) in [5.74, 6) is 1.36. The van der Waals surface area contributed by atoms with Gasteiger partial charge in [0.25, 0.3) is 5.56 Å². The largest absolute Gasteiger partial charge is 0.354 e. The number of anilines is 2. The zero-order valence-corrected chi connectivity index (χ0v) is 14.9. The smallest absolute Gasteiger partial charge is 0.251 e. The minimum atomic E-state index is -0.365. The maximum absolute atomic E-state index is 14.2. The van der Waals surface area contributed by atoms with E-state index in [4.69, 9.17) is 0 Å². The highest BCUT2D eigenvalue weighted by atomic mass is 19.1. The van der Waals surface area contributed by atoms with E-state index in [0.717, 1.165) is 51.0 Å². The monoisotopic (exact) mass is 358 g/mol. The van der Waals surface area contributed by atoms with E-state index in [1.54, 1.807) is 13.0 Å². The van der Waals surface area contributed by atoms with E-state index in [0.29, 0.717) is 24.1 Å². The van der Waals surface area contributed by atoms with Gasteiger partial charge in [-0.15, -0.1) is 0 Å². The Bertz CT molecular complexity index is 848. The zero-order chi connectivity index (χ0) is 18.1. The number of nitrogens with zero attached hydrogens (tertiary/aromatic N) is 5. The first-order chi connectivity index (χ1) is 12.6. The average Bonchev–Trinajstić information content (AvgIpc) is 3.16. The van der Waals surface area contributed by atoms with Gasteiger partial charge in [0.1, 0.15) is 5.82 Å². The summed E-state index contributed by atoms with van der Waals surface area (Å²) in [5, 5.41) is 0. The van der Waals surface area contributed by atoms with Gasteiger partial charge in [-0.1, -0.05) is 0 Å². The highest BCUT2D eigenvalue weighted by molar-refractivity contribution is 5.46. The fourth-order valence-corrected chi connectivity index (χ4v) is 3.86. The lowest BCUT2D eigenvalue weighted by atomic mass is 9.94. The standard InChI is InChI=1S/C18H23FN6O/c1-12-21-15(9-16(26)22-12)13-5-4-8-25(11-13)18-20-10-14(19)17(23-18)24-6-2-3-7-24/h9-10,13H,2-8,11H2,1H3,(H,21,22,26)/t13-/m0/s1. The van der Waals surface area contributed by atoms with Crippen molar-refractivity contribution in [1.82, 2.24) is 19.9 Å². The van der Waals surface area contributed by atoms with Gasteiger partial charge in [-0.05, 0) is 32.6 Å². The minimum absolute atomic E-state index is 0.126. The lowest BCUT2D eigenvalue weighted by Gasteiger charge is -2.33. The molecule has 2 aromatic rings. The normalized spacial score (nSPS) is 20.6. The Labute approximate surface area is 151 Å². The van der Waals surface area contributed by atoms with Crippen molar-refractivity contribution in [1.29, 1.82) is 0 Å². The van der Waals surface area contributed by atoms with E-state index in [1.807, 2.05) is 4.90 Å². The van der Waals surface area contributed by atoms with Gasteiger partial charge in [-0.2, -0.15) is 4.98 Å². The third-order valence-electron chi connectivity index (χ3n) is 5.12. The summed E-state index contributed by atoms with van der Waals surface area (Å²) in [6, 6.07) is 1.57. The first-order valence-corrected chi connectivity index (χ1v) is 9.20. The van der Waals surface area contributed by atoms with Gasteiger partial charge in [0.2, 0.25) is 5.95 Å². The van der Waals surface area contributed by atoms with Crippen LogP contribution in [0.2, 0.25) is 0 Å². The molecule has 2 aliphatic rings. The van der Waals surface area contributed by atoms with Gasteiger partial charge < -0.3 is 14.8 Å². The molecule has 2 saturated heterocycles. The van der Waals surface area contributed by atoms with Crippen molar-refractivity contribution < 1.29 is 4.39 Å². The van der Waals surface area contributed by atoms with Crippen LogP contribution in [-0.2, 0) is 0 Å². The third-order valence-corrected chi connectivity index (χ3v) is 5.12. The molecule has 0 saturated carbocycles. The summed E-state index contributed by atoms with van der Waals surface area (Å²) in [6.07, 6.45) is 5.33. The highest BCUT2D eigenvalue weighted by Crippen LogP contribution is 2.29. The molecule has 2 aliphatic heterocycles. The van der Waals surface area contributed by atoms with E-state index in [9.17, 15) is 9.18 Å². The molecule has 138 valence electrons. The first-order valence-electron chi connectivity index (χ1n) is 9.20. The van der Waals surface area contributed by atoms with E-state index in [-0.39, 0.29) is 17.3 Å². The van der Waals surface area contributed by atoms with Crippen LogP contribution in [0.3, 0.4) is 0 Å². The van der Waals surface area contributed by atoms with Crippen LogP contribution in [0.25, 0.3) is 0 Å². The van der Waals surface area contributed by atoms with Crippen molar-refractivity contribution in [2.24, 2.45) is 0 Å². The van der Waals surface area contributed by atoms with Gasteiger partial charge in [0, 0.05) is 38.2 Å². The van der Waals surface area contributed by atoms with Gasteiger partial charge in [-0.3, -0.25) is 4.79 Å². The maximum atomic E-state index is 14.2. The Kier molecular flexibility index (Phi) is 4.57. The van der Waals surface area contributed by atoms with E-state index in [1.165, 1.54) is 6.20 Å². The number of aromatic amines is 1. The molecule has 1 atom stereocenters. The molecule has 26 heavy (non-hydrogen) atoms. The number of hydrogen-bond donors (Lipinski definition) is 1. The Morgan fingerprint density at radius 3 is 2.69 bits per heavy atom. The second-order valence-electron chi connectivity index (χ2n) is 7.08.